The number of nitrogens with one attached hydrogen (secondary N) is 1. The highest BCUT2D eigenvalue weighted by molar-refractivity contribution is 6.13. The molecule has 11 heteroatoms. The fourth-order valence-corrected chi connectivity index (χ4v) is 2.41. The molecule has 0 saturated carbocycles. The minimum absolute atomic E-state index is 0.0746. The molecule has 1 saturated heterocycles. The molecule has 0 spiro atoms. The Morgan fingerprint density at radius 1 is 1.08 bits per heavy atom. The van der Waals surface area contributed by atoms with Crippen molar-refractivity contribution in [3.8, 4) is 0 Å². The zero-order chi connectivity index (χ0) is 19.9. The van der Waals surface area contributed by atoms with Gasteiger partial charge < -0.3 is 18.9 Å². The standard InChI is InChI=1S/C15H23N3O8/c1-6-25-11(19)10(9(3)16-17-14(22)26-7-2)18-8-15(18,12(20)23-4)13(21)24-5/h10H,6-8H2,1-5H3,(H,17,22)/b16-9+. The summed E-state index contributed by atoms with van der Waals surface area (Å²) in [6.07, 6.45) is -0.813. The van der Waals surface area contributed by atoms with E-state index in [2.05, 4.69) is 24.7 Å². The first-order valence-corrected chi connectivity index (χ1v) is 7.87. The first-order chi connectivity index (χ1) is 12.3. The van der Waals surface area contributed by atoms with Crippen molar-refractivity contribution in [3.63, 3.8) is 0 Å². The molecule has 2 atom stereocenters. The van der Waals surface area contributed by atoms with E-state index < -0.39 is 35.6 Å². The van der Waals surface area contributed by atoms with Crippen LogP contribution in [0.4, 0.5) is 4.79 Å². The Morgan fingerprint density at radius 2 is 1.62 bits per heavy atom. The third-order valence-electron chi connectivity index (χ3n) is 3.65. The maximum absolute atomic E-state index is 12.4. The quantitative estimate of drug-likeness (QED) is 0.148. The molecule has 26 heavy (non-hydrogen) atoms. The monoisotopic (exact) mass is 373 g/mol. The van der Waals surface area contributed by atoms with Crippen LogP contribution in [0.25, 0.3) is 0 Å². The number of esters is 3. The van der Waals surface area contributed by atoms with Crippen LogP contribution in [0, 0.1) is 0 Å². The van der Waals surface area contributed by atoms with Gasteiger partial charge in [-0.3, -0.25) is 4.90 Å². The molecule has 1 heterocycles. The van der Waals surface area contributed by atoms with Gasteiger partial charge >= 0.3 is 24.0 Å². The maximum atomic E-state index is 12.4. The molecule has 0 aliphatic carbocycles. The molecule has 1 N–H and O–H groups in total. The number of hydrogen-bond acceptors (Lipinski definition) is 10. The normalized spacial score (nSPS) is 19.0. The van der Waals surface area contributed by atoms with Crippen molar-refractivity contribution in [2.45, 2.75) is 32.4 Å². The van der Waals surface area contributed by atoms with Gasteiger partial charge in [-0.15, -0.1) is 0 Å². The van der Waals surface area contributed by atoms with E-state index in [-0.39, 0.29) is 25.5 Å². The molecule has 0 aromatic rings. The summed E-state index contributed by atoms with van der Waals surface area (Å²) in [4.78, 5) is 49.2. The third-order valence-corrected chi connectivity index (χ3v) is 3.65. The van der Waals surface area contributed by atoms with Crippen LogP contribution in [-0.2, 0) is 33.3 Å². The van der Waals surface area contributed by atoms with E-state index in [1.54, 1.807) is 13.8 Å². The molecule has 1 aliphatic rings. The SMILES string of the molecule is CCOC(=O)N/N=C(\C)C(C(=O)OCC)N1CC1(C(=O)OC)C(=O)OC. The molecule has 0 aromatic carbocycles. The number of hydrogen-bond donors (Lipinski definition) is 1. The van der Waals surface area contributed by atoms with Crippen molar-refractivity contribution in [3.05, 3.63) is 0 Å². The van der Waals surface area contributed by atoms with Gasteiger partial charge in [0, 0.05) is 6.54 Å². The van der Waals surface area contributed by atoms with Crippen molar-refractivity contribution in [1.82, 2.24) is 10.3 Å². The van der Waals surface area contributed by atoms with E-state index in [1.165, 1.54) is 11.8 Å². The van der Waals surface area contributed by atoms with Crippen LogP contribution in [-0.4, -0.2) is 80.2 Å². The molecule has 0 radical (unpaired) electrons. The number of nitrogens with zero attached hydrogens (tertiary/aromatic N) is 2. The number of methoxy groups -OCH3 is 2. The van der Waals surface area contributed by atoms with Crippen LogP contribution in [0.5, 0.6) is 0 Å². The van der Waals surface area contributed by atoms with Gasteiger partial charge in [0.1, 0.15) is 0 Å². The molecule has 0 aromatic heterocycles. The zero-order valence-corrected chi connectivity index (χ0v) is 15.4. The van der Waals surface area contributed by atoms with Crippen LogP contribution in [0.15, 0.2) is 5.10 Å². The first-order valence-electron chi connectivity index (χ1n) is 7.87. The van der Waals surface area contributed by atoms with Gasteiger partial charge in [-0.2, -0.15) is 5.10 Å². The lowest BCUT2D eigenvalue weighted by Gasteiger charge is -2.20. The predicted molar refractivity (Wildman–Crippen MR) is 87.2 cm³/mol. The van der Waals surface area contributed by atoms with Crippen molar-refractivity contribution < 1.29 is 38.1 Å². The lowest BCUT2D eigenvalue weighted by molar-refractivity contribution is -0.159. The second-order valence-corrected chi connectivity index (χ2v) is 5.21. The average molecular weight is 373 g/mol. The van der Waals surface area contributed by atoms with Gasteiger partial charge in [0.05, 0.1) is 33.1 Å². The number of rotatable bonds is 8. The lowest BCUT2D eigenvalue weighted by atomic mass is 10.1. The summed E-state index contributed by atoms with van der Waals surface area (Å²) in [5.74, 6) is -2.48. The maximum Gasteiger partial charge on any atom is 0.427 e. The summed E-state index contributed by atoms with van der Waals surface area (Å²) >= 11 is 0. The topological polar surface area (TPSA) is 133 Å². The average Bonchev–Trinajstić information content (AvgIpc) is 3.35. The Hall–Kier alpha value is -2.69. The molecule has 2 unspecified atom stereocenters. The van der Waals surface area contributed by atoms with E-state index in [1.807, 2.05) is 0 Å². The van der Waals surface area contributed by atoms with Crippen molar-refractivity contribution in [2.24, 2.45) is 5.10 Å². The molecule has 146 valence electrons. The minimum Gasteiger partial charge on any atom is -0.467 e. The Balaban J connectivity index is 3.13. The Bertz CT molecular complexity index is 588. The highest BCUT2D eigenvalue weighted by Crippen LogP contribution is 2.38. The zero-order valence-electron chi connectivity index (χ0n) is 15.4. The summed E-state index contributed by atoms with van der Waals surface area (Å²) in [5, 5.41) is 3.79. The molecule has 1 rings (SSSR count). The number of hydrazone groups is 1. The summed E-state index contributed by atoms with van der Waals surface area (Å²) in [6.45, 7) is 4.75. The molecular weight excluding hydrogens is 350 g/mol. The third kappa shape index (κ3) is 4.28. The van der Waals surface area contributed by atoms with Crippen molar-refractivity contribution in [1.29, 1.82) is 0 Å². The van der Waals surface area contributed by atoms with Crippen LogP contribution < -0.4 is 5.43 Å². The second-order valence-electron chi connectivity index (χ2n) is 5.21. The smallest absolute Gasteiger partial charge is 0.427 e. The number of carbonyl (C=O) groups excluding carboxylic acids is 4. The van der Waals surface area contributed by atoms with E-state index in [4.69, 9.17) is 4.74 Å². The van der Waals surface area contributed by atoms with Gasteiger partial charge in [-0.05, 0) is 20.8 Å². The number of amides is 1. The van der Waals surface area contributed by atoms with Crippen LogP contribution in [0.1, 0.15) is 20.8 Å². The van der Waals surface area contributed by atoms with Crippen molar-refractivity contribution >= 4 is 29.7 Å². The fraction of sp³-hybridized carbons (Fsp3) is 0.667. The van der Waals surface area contributed by atoms with Crippen LogP contribution in [0.2, 0.25) is 0 Å². The van der Waals surface area contributed by atoms with Gasteiger partial charge in [-0.25, -0.2) is 24.6 Å². The van der Waals surface area contributed by atoms with E-state index in [0.717, 1.165) is 14.2 Å². The minimum atomic E-state index is -1.76. The highest BCUT2D eigenvalue weighted by atomic mass is 16.6. The summed E-state index contributed by atoms with van der Waals surface area (Å²) < 4.78 is 19.0. The number of carbonyl (C=O) groups is 4. The fourth-order valence-electron chi connectivity index (χ4n) is 2.41. The predicted octanol–water partition coefficient (Wildman–Crippen LogP) is -0.559. The summed E-state index contributed by atoms with van der Waals surface area (Å²) in [6, 6.07) is -1.20. The molecule has 0 bridgehead atoms. The van der Waals surface area contributed by atoms with E-state index >= 15 is 0 Å². The Kier molecular flexibility index (Phi) is 7.50. The molecule has 11 nitrogen and oxygen atoms in total. The summed E-state index contributed by atoms with van der Waals surface area (Å²) in [7, 11) is 2.23. The van der Waals surface area contributed by atoms with Crippen LogP contribution >= 0.6 is 0 Å². The first kappa shape index (κ1) is 21.4. The molecule has 1 amide bonds. The molecular formula is C15H23N3O8. The molecule has 1 aliphatic heterocycles. The number of ether oxygens (including phenoxy) is 4. The summed E-state index contributed by atoms with van der Waals surface area (Å²) in [5.41, 5.74) is 0.444. The van der Waals surface area contributed by atoms with Gasteiger partial charge in [-0.1, -0.05) is 0 Å². The second kappa shape index (κ2) is 9.13. The Labute approximate surface area is 150 Å². The Morgan fingerprint density at radius 3 is 2.08 bits per heavy atom. The van der Waals surface area contributed by atoms with E-state index in [9.17, 15) is 19.2 Å². The van der Waals surface area contributed by atoms with Gasteiger partial charge in [0.25, 0.3) is 0 Å². The van der Waals surface area contributed by atoms with Crippen molar-refractivity contribution in [2.75, 3.05) is 34.0 Å². The molecule has 1 fully saturated rings. The van der Waals surface area contributed by atoms with Gasteiger partial charge in [0.2, 0.25) is 5.54 Å². The van der Waals surface area contributed by atoms with Crippen LogP contribution in [0.3, 0.4) is 0 Å². The van der Waals surface area contributed by atoms with E-state index in [0.29, 0.717) is 0 Å². The lowest BCUT2D eigenvalue weighted by Crippen LogP contribution is -2.48. The largest absolute Gasteiger partial charge is 0.467 e. The van der Waals surface area contributed by atoms with Gasteiger partial charge in [0.15, 0.2) is 6.04 Å². The highest BCUT2D eigenvalue weighted by Gasteiger charge is 2.70.